The maximum Gasteiger partial charge on any atom is 0.263 e. The van der Waals surface area contributed by atoms with Crippen molar-refractivity contribution in [3.05, 3.63) is 56.8 Å². The molecular formula is C21H26N2O2S. The van der Waals surface area contributed by atoms with Crippen LogP contribution in [0, 0.1) is 5.92 Å². The zero-order valence-corrected chi connectivity index (χ0v) is 16.5. The predicted molar refractivity (Wildman–Crippen MR) is 106 cm³/mol. The van der Waals surface area contributed by atoms with Crippen LogP contribution in [-0.4, -0.2) is 30.8 Å². The molecule has 1 aliphatic rings. The number of benzene rings is 1. The summed E-state index contributed by atoms with van der Waals surface area (Å²) in [5.74, 6) is 0.150. The predicted octanol–water partition coefficient (Wildman–Crippen LogP) is 3.43. The number of nitrogens with one attached hydrogen (secondary N) is 1. The number of rotatable bonds is 5. The highest BCUT2D eigenvalue weighted by atomic mass is 32.1. The summed E-state index contributed by atoms with van der Waals surface area (Å²) in [6.07, 6.45) is 3.48. The molecule has 0 unspecified atom stereocenters. The summed E-state index contributed by atoms with van der Waals surface area (Å²) in [7, 11) is 3.54. The van der Waals surface area contributed by atoms with E-state index in [0.29, 0.717) is 6.54 Å². The van der Waals surface area contributed by atoms with Crippen molar-refractivity contribution in [1.82, 2.24) is 10.2 Å². The fourth-order valence-corrected chi connectivity index (χ4v) is 4.53. The minimum atomic E-state index is -0.00526. The van der Waals surface area contributed by atoms with Crippen molar-refractivity contribution in [2.75, 3.05) is 14.1 Å². The molecule has 1 aromatic heterocycles. The van der Waals surface area contributed by atoms with Crippen molar-refractivity contribution in [2.24, 2.45) is 5.92 Å². The van der Waals surface area contributed by atoms with Gasteiger partial charge in [-0.05, 0) is 48.4 Å². The third kappa shape index (κ3) is 4.15. The van der Waals surface area contributed by atoms with E-state index in [2.05, 4.69) is 36.5 Å². The van der Waals surface area contributed by atoms with Crippen molar-refractivity contribution >= 4 is 23.2 Å². The third-order valence-electron chi connectivity index (χ3n) is 4.97. The lowest BCUT2D eigenvalue weighted by atomic mass is 9.87. The van der Waals surface area contributed by atoms with Crippen LogP contribution in [0.3, 0.4) is 0 Å². The van der Waals surface area contributed by atoms with Crippen molar-refractivity contribution in [1.29, 1.82) is 0 Å². The summed E-state index contributed by atoms with van der Waals surface area (Å²) in [4.78, 5) is 28.3. The molecule has 2 aromatic rings. The van der Waals surface area contributed by atoms with Gasteiger partial charge in [-0.2, -0.15) is 0 Å². The van der Waals surface area contributed by atoms with Gasteiger partial charge in [0.2, 0.25) is 5.91 Å². The number of amides is 2. The SMILES string of the molecule is CCc1ccc(CNC(=O)[C@H]2CCc3sc(C(=O)N(C)C)cc3C2)cc1. The number of hydrogen-bond acceptors (Lipinski definition) is 3. The van der Waals surface area contributed by atoms with Crippen LogP contribution in [0.2, 0.25) is 0 Å². The molecule has 1 aromatic carbocycles. The lowest BCUT2D eigenvalue weighted by molar-refractivity contribution is -0.125. The third-order valence-corrected chi connectivity index (χ3v) is 6.19. The van der Waals surface area contributed by atoms with Crippen LogP contribution in [0.1, 0.15) is 44.6 Å². The van der Waals surface area contributed by atoms with Crippen LogP contribution in [0.4, 0.5) is 0 Å². The average molecular weight is 371 g/mol. The topological polar surface area (TPSA) is 49.4 Å². The van der Waals surface area contributed by atoms with Gasteiger partial charge in [-0.15, -0.1) is 11.3 Å². The second-order valence-corrected chi connectivity index (χ2v) is 8.22. The summed E-state index contributed by atoms with van der Waals surface area (Å²) in [6.45, 7) is 2.70. The van der Waals surface area contributed by atoms with Gasteiger partial charge in [0, 0.05) is 31.4 Å². The van der Waals surface area contributed by atoms with Crippen LogP contribution >= 0.6 is 11.3 Å². The Balaban J connectivity index is 1.59. The number of thiophene rings is 1. The molecule has 0 fully saturated rings. The Bertz CT molecular complexity index is 793. The molecular weight excluding hydrogens is 344 g/mol. The first-order valence-electron chi connectivity index (χ1n) is 9.16. The lowest BCUT2D eigenvalue weighted by Gasteiger charge is -2.21. The molecule has 1 atom stereocenters. The molecule has 0 aliphatic heterocycles. The Morgan fingerprint density at radius 3 is 2.54 bits per heavy atom. The number of carbonyl (C=O) groups excluding carboxylic acids is 2. The van der Waals surface area contributed by atoms with E-state index in [4.69, 9.17) is 0 Å². The van der Waals surface area contributed by atoms with Gasteiger partial charge >= 0.3 is 0 Å². The van der Waals surface area contributed by atoms with E-state index in [1.54, 1.807) is 30.3 Å². The molecule has 1 heterocycles. The Morgan fingerprint density at radius 1 is 1.19 bits per heavy atom. The van der Waals surface area contributed by atoms with Gasteiger partial charge in [0.1, 0.15) is 0 Å². The maximum atomic E-state index is 12.6. The van der Waals surface area contributed by atoms with Crippen LogP contribution in [0.5, 0.6) is 0 Å². The summed E-state index contributed by atoms with van der Waals surface area (Å²) < 4.78 is 0. The van der Waals surface area contributed by atoms with E-state index < -0.39 is 0 Å². The largest absolute Gasteiger partial charge is 0.352 e. The van der Waals surface area contributed by atoms with Crippen LogP contribution in [0.15, 0.2) is 30.3 Å². The van der Waals surface area contributed by atoms with E-state index in [9.17, 15) is 9.59 Å². The van der Waals surface area contributed by atoms with Crippen LogP contribution < -0.4 is 5.32 Å². The molecule has 2 amide bonds. The molecule has 3 rings (SSSR count). The standard InChI is InChI=1S/C21H26N2O2S/c1-4-14-5-7-15(8-6-14)13-22-20(24)16-9-10-18-17(11-16)12-19(26-18)21(25)23(2)3/h5-8,12,16H,4,9-11,13H2,1-3H3,(H,22,24)/t16-/m0/s1. The van der Waals surface area contributed by atoms with Gasteiger partial charge in [0.15, 0.2) is 0 Å². The molecule has 0 spiro atoms. The summed E-state index contributed by atoms with van der Waals surface area (Å²) in [6, 6.07) is 10.4. The molecule has 0 saturated heterocycles. The summed E-state index contributed by atoms with van der Waals surface area (Å²) >= 11 is 1.58. The molecule has 138 valence electrons. The molecule has 0 saturated carbocycles. The normalized spacial score (nSPS) is 16.0. The zero-order chi connectivity index (χ0) is 18.7. The average Bonchev–Trinajstić information content (AvgIpc) is 3.08. The minimum absolute atomic E-state index is 0.00526. The van der Waals surface area contributed by atoms with E-state index in [-0.39, 0.29) is 17.7 Å². The van der Waals surface area contributed by atoms with Gasteiger partial charge in [0.25, 0.3) is 5.91 Å². The van der Waals surface area contributed by atoms with E-state index in [1.807, 2.05) is 6.07 Å². The van der Waals surface area contributed by atoms with E-state index in [1.165, 1.54) is 16.0 Å². The molecule has 0 radical (unpaired) electrons. The molecule has 1 aliphatic carbocycles. The highest BCUT2D eigenvalue weighted by Gasteiger charge is 2.27. The second kappa shape index (κ2) is 8.04. The number of carbonyl (C=O) groups is 2. The maximum absolute atomic E-state index is 12.6. The van der Waals surface area contributed by atoms with Crippen molar-refractivity contribution in [2.45, 2.75) is 39.2 Å². The zero-order valence-electron chi connectivity index (χ0n) is 15.7. The number of nitrogens with zero attached hydrogens (tertiary/aromatic N) is 1. The molecule has 26 heavy (non-hydrogen) atoms. The monoisotopic (exact) mass is 370 g/mol. The Hall–Kier alpha value is -2.14. The molecule has 4 nitrogen and oxygen atoms in total. The number of fused-ring (bicyclic) bond motifs is 1. The van der Waals surface area contributed by atoms with Crippen LogP contribution in [-0.2, 0) is 30.6 Å². The minimum Gasteiger partial charge on any atom is -0.352 e. The first-order valence-corrected chi connectivity index (χ1v) is 9.98. The first kappa shape index (κ1) is 18.6. The quantitative estimate of drug-likeness (QED) is 0.877. The second-order valence-electron chi connectivity index (χ2n) is 7.09. The molecule has 0 bridgehead atoms. The highest BCUT2D eigenvalue weighted by molar-refractivity contribution is 7.14. The van der Waals surface area contributed by atoms with Gasteiger partial charge in [-0.1, -0.05) is 31.2 Å². The summed E-state index contributed by atoms with van der Waals surface area (Å²) in [5.41, 5.74) is 3.60. The Kier molecular flexibility index (Phi) is 5.77. The Labute approximate surface area is 159 Å². The van der Waals surface area contributed by atoms with Gasteiger partial charge in [-0.3, -0.25) is 9.59 Å². The van der Waals surface area contributed by atoms with Gasteiger partial charge in [-0.25, -0.2) is 0 Å². The number of aryl methyl sites for hydroxylation is 2. The summed E-state index contributed by atoms with van der Waals surface area (Å²) in [5, 5.41) is 3.07. The van der Waals surface area contributed by atoms with Crippen molar-refractivity contribution < 1.29 is 9.59 Å². The van der Waals surface area contributed by atoms with Gasteiger partial charge < -0.3 is 10.2 Å². The fraction of sp³-hybridized carbons (Fsp3) is 0.429. The van der Waals surface area contributed by atoms with Crippen LogP contribution in [0.25, 0.3) is 0 Å². The highest BCUT2D eigenvalue weighted by Crippen LogP contribution is 2.33. The van der Waals surface area contributed by atoms with Gasteiger partial charge in [0.05, 0.1) is 4.88 Å². The van der Waals surface area contributed by atoms with E-state index >= 15 is 0 Å². The Morgan fingerprint density at radius 2 is 1.88 bits per heavy atom. The molecule has 5 heteroatoms. The fourth-order valence-electron chi connectivity index (χ4n) is 3.30. The molecule has 1 N–H and O–H groups in total. The smallest absolute Gasteiger partial charge is 0.263 e. The van der Waals surface area contributed by atoms with E-state index in [0.717, 1.165) is 36.1 Å². The van der Waals surface area contributed by atoms with Crippen molar-refractivity contribution in [3.8, 4) is 0 Å². The number of hydrogen-bond donors (Lipinski definition) is 1. The lowest BCUT2D eigenvalue weighted by Crippen LogP contribution is -2.33. The van der Waals surface area contributed by atoms with Crippen molar-refractivity contribution in [3.63, 3.8) is 0 Å². The first-order chi connectivity index (χ1) is 12.5.